The Hall–Kier alpha value is -0.260. The van der Waals surface area contributed by atoms with Gasteiger partial charge in [-0.25, -0.2) is 0 Å². The number of hydrogen-bond acceptors (Lipinski definition) is 0. The molecular formula is C11H19. The lowest BCUT2D eigenvalue weighted by Crippen LogP contribution is -1.97. The minimum absolute atomic E-state index is 0.977. The number of rotatable bonds is 3. The molecule has 0 spiro atoms. The highest BCUT2D eigenvalue weighted by Crippen LogP contribution is 2.22. The van der Waals surface area contributed by atoms with Crippen LogP contribution in [0.3, 0.4) is 0 Å². The van der Waals surface area contributed by atoms with Gasteiger partial charge in [-0.1, -0.05) is 25.5 Å². The first-order valence-electron chi connectivity index (χ1n) is 4.86. The minimum atomic E-state index is 0.977. The van der Waals surface area contributed by atoms with Crippen molar-refractivity contribution >= 4 is 0 Å². The summed E-state index contributed by atoms with van der Waals surface area (Å²) in [6.45, 7) is 2.16. The third kappa shape index (κ3) is 3.60. The highest BCUT2D eigenvalue weighted by Gasteiger charge is 2.07. The van der Waals surface area contributed by atoms with Gasteiger partial charge in [-0.15, -0.1) is 0 Å². The zero-order chi connectivity index (χ0) is 7.94. The fourth-order valence-electron chi connectivity index (χ4n) is 1.71. The Balaban J connectivity index is 2.16. The first kappa shape index (κ1) is 8.83. The molecule has 0 heterocycles. The van der Waals surface area contributed by atoms with Crippen molar-refractivity contribution in [2.75, 3.05) is 0 Å². The number of unbranched alkanes of at least 4 members (excludes halogenated alkanes) is 1. The molecule has 0 aromatic carbocycles. The largest absolute Gasteiger partial charge is 0.0885 e. The van der Waals surface area contributed by atoms with Crippen LogP contribution in [0.4, 0.5) is 0 Å². The maximum atomic E-state index is 2.37. The topological polar surface area (TPSA) is 0 Å². The third-order valence-electron chi connectivity index (χ3n) is 2.48. The van der Waals surface area contributed by atoms with E-state index in [2.05, 4.69) is 25.5 Å². The van der Waals surface area contributed by atoms with E-state index in [9.17, 15) is 0 Å². The van der Waals surface area contributed by atoms with Crippen molar-refractivity contribution in [3.05, 3.63) is 18.6 Å². The Kier molecular flexibility index (Phi) is 4.33. The van der Waals surface area contributed by atoms with Crippen LogP contribution < -0.4 is 0 Å². The molecule has 11 heavy (non-hydrogen) atoms. The number of hydrogen-bond donors (Lipinski definition) is 0. The van der Waals surface area contributed by atoms with E-state index >= 15 is 0 Å². The van der Waals surface area contributed by atoms with Crippen LogP contribution in [0.25, 0.3) is 0 Å². The van der Waals surface area contributed by atoms with Crippen molar-refractivity contribution < 1.29 is 0 Å². The summed E-state index contributed by atoms with van der Waals surface area (Å²) in [6, 6.07) is 0. The second-order valence-corrected chi connectivity index (χ2v) is 3.49. The maximum absolute atomic E-state index is 2.37. The monoisotopic (exact) mass is 151 g/mol. The van der Waals surface area contributed by atoms with E-state index < -0.39 is 0 Å². The van der Waals surface area contributed by atoms with Crippen LogP contribution in [0.1, 0.15) is 45.4 Å². The third-order valence-corrected chi connectivity index (χ3v) is 2.48. The number of allylic oxidation sites excluding steroid dienone is 2. The van der Waals surface area contributed by atoms with Crippen molar-refractivity contribution in [1.29, 1.82) is 0 Å². The summed E-state index contributed by atoms with van der Waals surface area (Å²) < 4.78 is 0. The lowest BCUT2D eigenvalue weighted by Gasteiger charge is -2.11. The van der Waals surface area contributed by atoms with E-state index in [0.29, 0.717) is 0 Å². The molecule has 0 heteroatoms. The highest BCUT2D eigenvalue weighted by atomic mass is 14.1. The summed E-state index contributed by atoms with van der Waals surface area (Å²) in [7, 11) is 0. The van der Waals surface area contributed by atoms with E-state index in [1.54, 1.807) is 0 Å². The van der Waals surface area contributed by atoms with Crippen LogP contribution in [0.5, 0.6) is 0 Å². The van der Waals surface area contributed by atoms with Gasteiger partial charge in [0.05, 0.1) is 0 Å². The molecule has 0 aliphatic heterocycles. The van der Waals surface area contributed by atoms with Crippen molar-refractivity contribution in [1.82, 2.24) is 0 Å². The Morgan fingerprint density at radius 2 is 2.36 bits per heavy atom. The van der Waals surface area contributed by atoms with Crippen LogP contribution in [0.2, 0.25) is 0 Å². The average molecular weight is 151 g/mol. The smallest absolute Gasteiger partial charge is 0.0322 e. The van der Waals surface area contributed by atoms with Gasteiger partial charge in [-0.3, -0.25) is 0 Å². The molecule has 0 saturated heterocycles. The summed E-state index contributed by atoms with van der Waals surface area (Å²) in [6.07, 6.45) is 15.2. The molecule has 1 aliphatic carbocycles. The lowest BCUT2D eigenvalue weighted by molar-refractivity contribution is 0.450. The fourth-order valence-corrected chi connectivity index (χ4v) is 1.71. The van der Waals surface area contributed by atoms with E-state index in [1.807, 2.05) is 0 Å². The van der Waals surface area contributed by atoms with Crippen LogP contribution in [0, 0.1) is 12.3 Å². The van der Waals surface area contributed by atoms with Gasteiger partial charge in [0.25, 0.3) is 0 Å². The predicted molar refractivity (Wildman–Crippen MR) is 50.3 cm³/mol. The molecule has 1 aliphatic rings. The Morgan fingerprint density at radius 1 is 1.45 bits per heavy atom. The van der Waals surface area contributed by atoms with Gasteiger partial charge in [0.2, 0.25) is 0 Å². The average Bonchev–Trinajstić information content (AvgIpc) is 2.28. The Morgan fingerprint density at radius 3 is 3.18 bits per heavy atom. The van der Waals surface area contributed by atoms with Crippen LogP contribution in [-0.2, 0) is 0 Å². The zero-order valence-corrected chi connectivity index (χ0v) is 7.55. The molecule has 0 fully saturated rings. The normalized spacial score (nSPS) is 25.0. The van der Waals surface area contributed by atoms with Gasteiger partial charge in [0.1, 0.15) is 0 Å². The van der Waals surface area contributed by atoms with Gasteiger partial charge in [-0.2, -0.15) is 0 Å². The quantitative estimate of drug-likeness (QED) is 0.539. The van der Waals surface area contributed by atoms with E-state index in [1.165, 1.54) is 38.5 Å². The standard InChI is InChI=1S/C11H19/c1-2-3-8-11-9-6-4-5-7-10-11/h2,4,6,11H,3,5,7-10H2,1H3. The molecule has 1 radical (unpaired) electrons. The van der Waals surface area contributed by atoms with Crippen molar-refractivity contribution in [3.63, 3.8) is 0 Å². The Bertz CT molecular complexity index is 113. The summed E-state index contributed by atoms with van der Waals surface area (Å²) in [5.74, 6) is 0.977. The molecule has 0 aromatic rings. The molecule has 0 N–H and O–H groups in total. The van der Waals surface area contributed by atoms with Gasteiger partial charge in [0.15, 0.2) is 0 Å². The maximum Gasteiger partial charge on any atom is -0.0322 e. The van der Waals surface area contributed by atoms with Crippen LogP contribution in [-0.4, -0.2) is 0 Å². The Labute approximate surface area is 70.7 Å². The second kappa shape index (κ2) is 5.40. The van der Waals surface area contributed by atoms with Crippen molar-refractivity contribution in [2.45, 2.75) is 45.4 Å². The summed E-state index contributed by atoms with van der Waals surface area (Å²) in [5.41, 5.74) is 0. The van der Waals surface area contributed by atoms with Gasteiger partial charge < -0.3 is 0 Å². The predicted octanol–water partition coefficient (Wildman–Crippen LogP) is 3.74. The molecule has 0 nitrogen and oxygen atoms in total. The van der Waals surface area contributed by atoms with Crippen LogP contribution in [0.15, 0.2) is 12.2 Å². The summed E-state index contributed by atoms with van der Waals surface area (Å²) in [4.78, 5) is 0. The lowest BCUT2D eigenvalue weighted by atomic mass is 9.95. The molecule has 0 saturated carbocycles. The molecule has 0 amide bonds. The molecule has 63 valence electrons. The summed E-state index contributed by atoms with van der Waals surface area (Å²) in [5, 5.41) is 0. The van der Waals surface area contributed by atoms with E-state index in [0.717, 1.165) is 5.92 Å². The summed E-state index contributed by atoms with van der Waals surface area (Å²) >= 11 is 0. The molecule has 1 rings (SSSR count). The highest BCUT2D eigenvalue weighted by molar-refractivity contribution is 4.87. The zero-order valence-electron chi connectivity index (χ0n) is 7.55. The second-order valence-electron chi connectivity index (χ2n) is 3.49. The molecule has 0 aromatic heterocycles. The molecule has 1 atom stereocenters. The molecular weight excluding hydrogens is 132 g/mol. The van der Waals surface area contributed by atoms with Crippen molar-refractivity contribution in [2.24, 2.45) is 5.92 Å². The van der Waals surface area contributed by atoms with E-state index in [4.69, 9.17) is 0 Å². The van der Waals surface area contributed by atoms with Crippen molar-refractivity contribution in [3.8, 4) is 0 Å². The van der Waals surface area contributed by atoms with Gasteiger partial charge in [0, 0.05) is 0 Å². The van der Waals surface area contributed by atoms with Gasteiger partial charge in [-0.05, 0) is 44.4 Å². The van der Waals surface area contributed by atoms with Crippen LogP contribution >= 0.6 is 0 Å². The molecule has 1 unspecified atom stereocenters. The fraction of sp³-hybridized carbons (Fsp3) is 0.727. The first-order valence-corrected chi connectivity index (χ1v) is 4.86. The molecule has 0 bridgehead atoms. The first-order chi connectivity index (χ1) is 5.43. The SMILES string of the molecule is C[CH]CCC1CC=CCCC1. The minimum Gasteiger partial charge on any atom is -0.0885 e. The van der Waals surface area contributed by atoms with Gasteiger partial charge >= 0.3 is 0 Å². The van der Waals surface area contributed by atoms with E-state index in [-0.39, 0.29) is 0 Å².